The first kappa shape index (κ1) is 18.4. The fourth-order valence-electron chi connectivity index (χ4n) is 3.36. The van der Waals surface area contributed by atoms with Gasteiger partial charge in [0.25, 0.3) is 5.56 Å². The van der Waals surface area contributed by atoms with Gasteiger partial charge in [-0.15, -0.1) is 0 Å². The summed E-state index contributed by atoms with van der Waals surface area (Å²) in [6.45, 7) is 3.25. The summed E-state index contributed by atoms with van der Waals surface area (Å²) in [7, 11) is 0. The summed E-state index contributed by atoms with van der Waals surface area (Å²) in [5.74, 6) is -1.23. The summed E-state index contributed by atoms with van der Waals surface area (Å²) in [6.07, 6.45) is -2.42. The van der Waals surface area contributed by atoms with Crippen molar-refractivity contribution in [3.8, 4) is 5.69 Å². The highest BCUT2D eigenvalue weighted by Crippen LogP contribution is 2.27. The van der Waals surface area contributed by atoms with E-state index in [-0.39, 0.29) is 12.2 Å². The highest BCUT2D eigenvalue weighted by molar-refractivity contribution is 5.32. The average Bonchev–Trinajstić information content (AvgIpc) is 3.02. The summed E-state index contributed by atoms with van der Waals surface area (Å²) in [6, 6.07) is 9.71. The maximum atomic E-state index is 12.8. The standard InChI is InChI=1S/C19H18F3N5O/c1-12-13(10-27(25-12)14-5-3-2-4-6-14)9-26-8-7-16-15(11-26)17(28)24-18(23-16)19(20,21)22/h2-6,10H,7-9,11H2,1H3,(H,23,24,28). The molecule has 0 saturated heterocycles. The lowest BCUT2D eigenvalue weighted by Crippen LogP contribution is -2.36. The second-order valence-electron chi connectivity index (χ2n) is 6.82. The van der Waals surface area contributed by atoms with Crippen LogP contribution in [0.15, 0.2) is 41.3 Å². The third-order valence-electron chi connectivity index (χ3n) is 4.83. The SMILES string of the molecule is Cc1nn(-c2ccccc2)cc1CN1CCc2nc(C(F)(F)F)[nH]c(=O)c2C1. The van der Waals surface area contributed by atoms with Crippen molar-refractivity contribution in [2.45, 2.75) is 32.6 Å². The molecular formula is C19H18F3N5O. The quantitative estimate of drug-likeness (QED) is 0.748. The van der Waals surface area contributed by atoms with Gasteiger partial charge in [0.1, 0.15) is 0 Å². The van der Waals surface area contributed by atoms with Gasteiger partial charge in [0.15, 0.2) is 0 Å². The van der Waals surface area contributed by atoms with Crippen molar-refractivity contribution in [1.82, 2.24) is 24.6 Å². The minimum Gasteiger partial charge on any atom is -0.303 e. The number of rotatable bonds is 3. The van der Waals surface area contributed by atoms with Crippen LogP contribution in [0.2, 0.25) is 0 Å². The van der Waals surface area contributed by atoms with Gasteiger partial charge < -0.3 is 4.98 Å². The molecule has 0 spiro atoms. The Morgan fingerprint density at radius 2 is 1.96 bits per heavy atom. The maximum Gasteiger partial charge on any atom is 0.449 e. The number of nitrogens with zero attached hydrogens (tertiary/aromatic N) is 4. The summed E-state index contributed by atoms with van der Waals surface area (Å²) in [5.41, 5.74) is 2.62. The molecule has 6 nitrogen and oxygen atoms in total. The molecule has 0 fully saturated rings. The van der Waals surface area contributed by atoms with Crippen molar-refractivity contribution in [2.24, 2.45) is 0 Å². The van der Waals surface area contributed by atoms with Crippen LogP contribution in [0.25, 0.3) is 5.69 Å². The number of aromatic nitrogens is 4. The molecule has 0 atom stereocenters. The van der Waals surface area contributed by atoms with Gasteiger partial charge in [0, 0.05) is 37.8 Å². The number of aryl methyl sites for hydroxylation is 1. The molecule has 1 aromatic carbocycles. The Morgan fingerprint density at radius 3 is 2.68 bits per heavy atom. The third kappa shape index (κ3) is 3.57. The molecule has 3 heterocycles. The van der Waals surface area contributed by atoms with Crippen molar-refractivity contribution in [3.63, 3.8) is 0 Å². The molecule has 28 heavy (non-hydrogen) atoms. The number of fused-ring (bicyclic) bond motifs is 1. The van der Waals surface area contributed by atoms with Crippen LogP contribution in [0.4, 0.5) is 13.2 Å². The van der Waals surface area contributed by atoms with Crippen molar-refractivity contribution >= 4 is 0 Å². The van der Waals surface area contributed by atoms with Crippen LogP contribution < -0.4 is 5.56 Å². The molecule has 0 unspecified atom stereocenters. The van der Waals surface area contributed by atoms with Crippen LogP contribution in [-0.4, -0.2) is 31.2 Å². The van der Waals surface area contributed by atoms with E-state index in [4.69, 9.17) is 0 Å². The van der Waals surface area contributed by atoms with Gasteiger partial charge in [-0.05, 0) is 19.1 Å². The molecule has 0 aliphatic carbocycles. The van der Waals surface area contributed by atoms with Crippen molar-refractivity contribution in [2.75, 3.05) is 6.54 Å². The fourth-order valence-corrected chi connectivity index (χ4v) is 3.36. The number of alkyl halides is 3. The zero-order valence-corrected chi connectivity index (χ0v) is 15.1. The minimum atomic E-state index is -4.66. The third-order valence-corrected chi connectivity index (χ3v) is 4.83. The number of hydrogen-bond acceptors (Lipinski definition) is 4. The van der Waals surface area contributed by atoms with E-state index in [2.05, 4.69) is 10.1 Å². The Hall–Kier alpha value is -2.94. The predicted octanol–water partition coefficient (Wildman–Crippen LogP) is 2.84. The lowest BCUT2D eigenvalue weighted by molar-refractivity contribution is -0.145. The highest BCUT2D eigenvalue weighted by Gasteiger charge is 2.36. The van der Waals surface area contributed by atoms with Gasteiger partial charge in [-0.3, -0.25) is 9.69 Å². The van der Waals surface area contributed by atoms with E-state index in [9.17, 15) is 18.0 Å². The maximum absolute atomic E-state index is 12.8. The van der Waals surface area contributed by atoms with Crippen LogP contribution in [0, 0.1) is 6.92 Å². The van der Waals surface area contributed by atoms with Crippen LogP contribution in [0.5, 0.6) is 0 Å². The second kappa shape index (κ2) is 6.90. The van der Waals surface area contributed by atoms with Gasteiger partial charge in [-0.2, -0.15) is 18.3 Å². The smallest absolute Gasteiger partial charge is 0.303 e. The molecule has 1 aliphatic rings. The van der Waals surface area contributed by atoms with Gasteiger partial charge in [-0.1, -0.05) is 18.2 Å². The molecule has 1 N–H and O–H groups in total. The Morgan fingerprint density at radius 1 is 1.21 bits per heavy atom. The van der Waals surface area contributed by atoms with E-state index < -0.39 is 17.6 Å². The number of nitrogens with one attached hydrogen (secondary N) is 1. The summed E-state index contributed by atoms with van der Waals surface area (Å²) < 4.78 is 40.3. The van der Waals surface area contributed by atoms with E-state index >= 15 is 0 Å². The number of halogens is 3. The van der Waals surface area contributed by atoms with E-state index in [1.807, 2.05) is 53.3 Å². The van der Waals surface area contributed by atoms with Crippen molar-refractivity contribution < 1.29 is 13.2 Å². The number of para-hydroxylation sites is 1. The molecule has 0 saturated carbocycles. The lowest BCUT2D eigenvalue weighted by atomic mass is 10.1. The molecule has 0 bridgehead atoms. The summed E-state index contributed by atoms with van der Waals surface area (Å²) in [4.78, 5) is 19.7. The van der Waals surface area contributed by atoms with E-state index in [0.717, 1.165) is 16.9 Å². The molecule has 2 aromatic heterocycles. The molecule has 0 amide bonds. The number of hydrogen-bond donors (Lipinski definition) is 1. The Bertz CT molecular complexity index is 1060. The van der Waals surface area contributed by atoms with E-state index in [1.165, 1.54) is 0 Å². The Kier molecular flexibility index (Phi) is 4.54. The molecule has 3 aromatic rings. The minimum absolute atomic E-state index is 0.226. The molecular weight excluding hydrogens is 371 g/mol. The Balaban J connectivity index is 1.55. The monoisotopic (exact) mass is 389 g/mol. The fraction of sp³-hybridized carbons (Fsp3) is 0.316. The molecule has 9 heteroatoms. The molecule has 0 radical (unpaired) electrons. The lowest BCUT2D eigenvalue weighted by Gasteiger charge is -2.27. The van der Waals surface area contributed by atoms with Crippen molar-refractivity contribution in [1.29, 1.82) is 0 Å². The first-order chi connectivity index (χ1) is 13.3. The van der Waals surface area contributed by atoms with Gasteiger partial charge >= 0.3 is 6.18 Å². The zero-order valence-electron chi connectivity index (χ0n) is 15.1. The van der Waals surface area contributed by atoms with Gasteiger partial charge in [0.2, 0.25) is 5.82 Å². The van der Waals surface area contributed by atoms with Crippen LogP contribution in [0.1, 0.15) is 28.3 Å². The first-order valence-corrected chi connectivity index (χ1v) is 8.83. The number of benzene rings is 1. The van der Waals surface area contributed by atoms with Crippen LogP contribution in [0.3, 0.4) is 0 Å². The Labute approximate surface area is 158 Å². The average molecular weight is 389 g/mol. The van der Waals surface area contributed by atoms with E-state index in [0.29, 0.717) is 25.1 Å². The normalized spacial score (nSPS) is 14.9. The van der Waals surface area contributed by atoms with E-state index in [1.54, 1.807) is 4.68 Å². The largest absolute Gasteiger partial charge is 0.449 e. The molecule has 1 aliphatic heterocycles. The first-order valence-electron chi connectivity index (χ1n) is 8.83. The van der Waals surface area contributed by atoms with Gasteiger partial charge in [0.05, 0.1) is 22.6 Å². The summed E-state index contributed by atoms with van der Waals surface area (Å²) >= 11 is 0. The summed E-state index contributed by atoms with van der Waals surface area (Å²) in [5, 5.41) is 4.53. The second-order valence-corrected chi connectivity index (χ2v) is 6.82. The molecule has 4 rings (SSSR count). The van der Waals surface area contributed by atoms with Crippen LogP contribution >= 0.6 is 0 Å². The molecule has 146 valence electrons. The topological polar surface area (TPSA) is 66.8 Å². The number of aromatic amines is 1. The highest BCUT2D eigenvalue weighted by atomic mass is 19.4. The van der Waals surface area contributed by atoms with Crippen LogP contribution in [-0.2, 0) is 25.7 Å². The predicted molar refractivity (Wildman–Crippen MR) is 96.0 cm³/mol. The zero-order chi connectivity index (χ0) is 19.9. The van der Waals surface area contributed by atoms with Crippen molar-refractivity contribution in [3.05, 3.63) is 75.2 Å². The van der Waals surface area contributed by atoms with Gasteiger partial charge in [-0.25, -0.2) is 9.67 Å². The number of H-pyrrole nitrogens is 1.